The van der Waals surface area contributed by atoms with Crippen LogP contribution in [0.1, 0.15) is 10.4 Å². The first kappa shape index (κ1) is 16.4. The number of esters is 1. The number of carbonyl (C=O) groups excluding carboxylic acids is 1. The van der Waals surface area contributed by atoms with Gasteiger partial charge in [0.2, 0.25) is 0 Å². The zero-order chi connectivity index (χ0) is 17.3. The van der Waals surface area contributed by atoms with Crippen LogP contribution in [-0.4, -0.2) is 21.0 Å². The van der Waals surface area contributed by atoms with Gasteiger partial charge in [0.15, 0.2) is 6.73 Å². The van der Waals surface area contributed by atoms with E-state index in [1.54, 1.807) is 24.3 Å². The van der Waals surface area contributed by atoms with E-state index in [4.69, 9.17) is 27.9 Å². The molecule has 0 saturated carbocycles. The van der Waals surface area contributed by atoms with Gasteiger partial charge in [-0.2, -0.15) is 4.68 Å². The van der Waals surface area contributed by atoms with Gasteiger partial charge in [0.25, 0.3) is 5.56 Å². The second-order valence-electron chi connectivity index (χ2n) is 4.72. The number of nitrogens with zero attached hydrogens (tertiary/aromatic N) is 3. The number of hydrogen-bond donors (Lipinski definition) is 0. The van der Waals surface area contributed by atoms with Gasteiger partial charge in [-0.15, -0.1) is 5.10 Å². The van der Waals surface area contributed by atoms with Gasteiger partial charge in [0.05, 0.1) is 21.0 Å². The molecule has 0 fully saturated rings. The quantitative estimate of drug-likeness (QED) is 0.525. The molecule has 0 atom stereocenters. The Morgan fingerprint density at radius 1 is 1.21 bits per heavy atom. The van der Waals surface area contributed by atoms with E-state index in [1.165, 1.54) is 0 Å². The summed E-state index contributed by atoms with van der Waals surface area (Å²) in [6.07, 6.45) is 0. The Bertz CT molecular complexity index is 1010. The molecule has 1 heterocycles. The van der Waals surface area contributed by atoms with E-state index in [1.807, 2.05) is 0 Å². The van der Waals surface area contributed by atoms with E-state index in [0.717, 1.165) is 16.8 Å². The third-order valence-electron chi connectivity index (χ3n) is 3.18. The van der Waals surface area contributed by atoms with Gasteiger partial charge in [-0.1, -0.05) is 40.5 Å². The Hall–Kier alpha value is -2.51. The number of rotatable bonds is 3. The number of hydrogen-bond acceptors (Lipinski definition) is 5. The number of carbonyl (C=O) groups is 1. The highest BCUT2D eigenvalue weighted by Crippen LogP contribution is 2.24. The SMILES string of the molecule is O=C(OCn1nnc2ccccc2c1=O)c1cc(F)c(Cl)cc1Cl. The first-order valence-corrected chi connectivity index (χ1v) is 7.37. The van der Waals surface area contributed by atoms with Crippen LogP contribution in [0.25, 0.3) is 10.9 Å². The summed E-state index contributed by atoms with van der Waals surface area (Å²) in [5, 5.41) is 7.58. The Morgan fingerprint density at radius 2 is 1.96 bits per heavy atom. The molecule has 0 bridgehead atoms. The van der Waals surface area contributed by atoms with Gasteiger partial charge >= 0.3 is 5.97 Å². The lowest BCUT2D eigenvalue weighted by molar-refractivity contribution is 0.0336. The number of aromatic nitrogens is 3. The number of benzene rings is 2. The van der Waals surface area contributed by atoms with Crippen molar-refractivity contribution in [2.24, 2.45) is 0 Å². The number of fused-ring (bicyclic) bond motifs is 1. The number of ether oxygens (including phenoxy) is 1. The van der Waals surface area contributed by atoms with E-state index >= 15 is 0 Å². The summed E-state index contributed by atoms with van der Waals surface area (Å²) in [6.45, 7) is -0.490. The molecule has 0 aliphatic heterocycles. The van der Waals surface area contributed by atoms with Crippen LogP contribution in [-0.2, 0) is 11.5 Å². The second kappa shape index (κ2) is 6.54. The summed E-state index contributed by atoms with van der Waals surface area (Å²) < 4.78 is 19.3. The van der Waals surface area contributed by atoms with Crippen molar-refractivity contribution in [3.63, 3.8) is 0 Å². The van der Waals surface area contributed by atoms with Crippen LogP contribution in [0.2, 0.25) is 10.0 Å². The van der Waals surface area contributed by atoms with E-state index in [2.05, 4.69) is 10.3 Å². The van der Waals surface area contributed by atoms with Gasteiger partial charge in [0, 0.05) is 0 Å². The predicted molar refractivity (Wildman–Crippen MR) is 85.6 cm³/mol. The molecule has 6 nitrogen and oxygen atoms in total. The fourth-order valence-corrected chi connectivity index (χ4v) is 2.44. The molecule has 9 heteroatoms. The summed E-state index contributed by atoms with van der Waals surface area (Å²) >= 11 is 11.4. The van der Waals surface area contributed by atoms with Crippen molar-refractivity contribution in [1.82, 2.24) is 15.0 Å². The van der Waals surface area contributed by atoms with E-state index in [0.29, 0.717) is 10.9 Å². The molecule has 0 N–H and O–H groups in total. The lowest BCUT2D eigenvalue weighted by Crippen LogP contribution is -2.26. The molecule has 0 saturated heterocycles. The van der Waals surface area contributed by atoms with Crippen molar-refractivity contribution in [3.05, 3.63) is 68.2 Å². The molecule has 24 heavy (non-hydrogen) atoms. The normalized spacial score (nSPS) is 10.8. The van der Waals surface area contributed by atoms with Gasteiger partial charge in [-0.25, -0.2) is 9.18 Å². The smallest absolute Gasteiger partial charge is 0.341 e. The van der Waals surface area contributed by atoms with Crippen LogP contribution in [0, 0.1) is 5.82 Å². The summed E-state index contributed by atoms with van der Waals surface area (Å²) in [4.78, 5) is 24.2. The fraction of sp³-hybridized carbons (Fsp3) is 0.0667. The molecule has 3 rings (SSSR count). The average Bonchev–Trinajstić information content (AvgIpc) is 2.57. The summed E-state index contributed by atoms with van der Waals surface area (Å²) in [5.41, 5.74) is -0.255. The Balaban J connectivity index is 1.84. The minimum absolute atomic E-state index is 0.0663. The van der Waals surface area contributed by atoms with Crippen LogP contribution in [0.15, 0.2) is 41.2 Å². The fourth-order valence-electron chi connectivity index (χ4n) is 1.98. The van der Waals surface area contributed by atoms with Crippen LogP contribution < -0.4 is 5.56 Å². The van der Waals surface area contributed by atoms with Crippen molar-refractivity contribution in [3.8, 4) is 0 Å². The number of halogens is 3. The van der Waals surface area contributed by atoms with Crippen molar-refractivity contribution < 1.29 is 13.9 Å². The minimum atomic E-state index is -0.919. The van der Waals surface area contributed by atoms with Crippen LogP contribution in [0.5, 0.6) is 0 Å². The van der Waals surface area contributed by atoms with Crippen molar-refractivity contribution in [2.75, 3.05) is 0 Å². The van der Waals surface area contributed by atoms with Gasteiger partial charge in [-0.3, -0.25) is 4.79 Å². The highest BCUT2D eigenvalue weighted by Gasteiger charge is 2.16. The minimum Gasteiger partial charge on any atom is -0.438 e. The zero-order valence-electron chi connectivity index (χ0n) is 11.9. The maximum atomic E-state index is 13.4. The van der Waals surface area contributed by atoms with Crippen LogP contribution in [0.3, 0.4) is 0 Å². The molecule has 122 valence electrons. The van der Waals surface area contributed by atoms with Gasteiger partial charge < -0.3 is 4.74 Å². The predicted octanol–water partition coefficient (Wildman–Crippen LogP) is 3.05. The summed E-state index contributed by atoms with van der Waals surface area (Å²) in [7, 11) is 0. The zero-order valence-corrected chi connectivity index (χ0v) is 13.4. The molecule has 0 aliphatic carbocycles. The van der Waals surface area contributed by atoms with Crippen molar-refractivity contribution in [2.45, 2.75) is 6.73 Å². The van der Waals surface area contributed by atoms with E-state index in [-0.39, 0.29) is 15.6 Å². The molecule has 0 radical (unpaired) electrons. The maximum absolute atomic E-state index is 13.4. The van der Waals surface area contributed by atoms with E-state index in [9.17, 15) is 14.0 Å². The Labute approximate surface area is 144 Å². The molecule has 0 amide bonds. The molecule has 1 aromatic heterocycles. The molecule has 0 unspecified atom stereocenters. The molecule has 3 aromatic rings. The van der Waals surface area contributed by atoms with Gasteiger partial charge in [0.1, 0.15) is 11.3 Å². The highest BCUT2D eigenvalue weighted by molar-refractivity contribution is 6.36. The molecule has 2 aromatic carbocycles. The lowest BCUT2D eigenvalue weighted by Gasteiger charge is -2.08. The molecule has 0 aliphatic rings. The maximum Gasteiger partial charge on any atom is 0.341 e. The highest BCUT2D eigenvalue weighted by atomic mass is 35.5. The largest absolute Gasteiger partial charge is 0.438 e. The first-order chi connectivity index (χ1) is 11.5. The monoisotopic (exact) mass is 367 g/mol. The van der Waals surface area contributed by atoms with Crippen LogP contribution in [0.4, 0.5) is 4.39 Å². The molecular formula is C15H8Cl2FN3O3. The van der Waals surface area contributed by atoms with Crippen LogP contribution >= 0.6 is 23.2 Å². The standard InChI is InChI=1S/C15H8Cl2FN3O3/c16-10-6-11(17)12(18)5-9(10)15(23)24-7-21-14(22)8-3-1-2-4-13(8)19-20-21/h1-6H,7H2. The van der Waals surface area contributed by atoms with Crippen molar-refractivity contribution >= 4 is 40.1 Å². The lowest BCUT2D eigenvalue weighted by atomic mass is 10.2. The summed E-state index contributed by atoms with van der Waals surface area (Å²) in [6, 6.07) is 8.57. The molecular weight excluding hydrogens is 360 g/mol. The third-order valence-corrected chi connectivity index (χ3v) is 3.78. The summed E-state index contributed by atoms with van der Waals surface area (Å²) in [5.74, 6) is -1.73. The topological polar surface area (TPSA) is 74.1 Å². The molecule has 0 spiro atoms. The Morgan fingerprint density at radius 3 is 2.75 bits per heavy atom. The van der Waals surface area contributed by atoms with Crippen molar-refractivity contribution in [1.29, 1.82) is 0 Å². The Kier molecular flexibility index (Phi) is 4.46. The van der Waals surface area contributed by atoms with E-state index < -0.39 is 24.1 Å². The average molecular weight is 368 g/mol. The first-order valence-electron chi connectivity index (χ1n) is 6.61. The van der Waals surface area contributed by atoms with Gasteiger partial charge in [-0.05, 0) is 24.3 Å². The second-order valence-corrected chi connectivity index (χ2v) is 5.53. The third kappa shape index (κ3) is 3.08.